The van der Waals surface area contributed by atoms with E-state index < -0.39 is 0 Å². The van der Waals surface area contributed by atoms with Crippen LogP contribution in [0.1, 0.15) is 0 Å². The van der Waals surface area contributed by atoms with Crippen molar-refractivity contribution >= 4 is 27.5 Å². The summed E-state index contributed by atoms with van der Waals surface area (Å²) >= 11 is 9.35. The highest BCUT2D eigenvalue weighted by atomic mass is 79.9. The van der Waals surface area contributed by atoms with Crippen molar-refractivity contribution in [2.45, 2.75) is 0 Å². The van der Waals surface area contributed by atoms with E-state index in [-0.39, 0.29) is 0 Å². The molecule has 1 heterocycles. The van der Waals surface area contributed by atoms with E-state index in [1.807, 2.05) is 36.0 Å². The number of imidazole rings is 1. The summed E-state index contributed by atoms with van der Waals surface area (Å²) in [7, 11) is 1.96. The fourth-order valence-corrected chi connectivity index (χ4v) is 2.19. The summed E-state index contributed by atoms with van der Waals surface area (Å²) in [4.78, 5) is 4.25. The van der Waals surface area contributed by atoms with Crippen molar-refractivity contribution in [3.05, 3.63) is 40.1 Å². The van der Waals surface area contributed by atoms with Crippen LogP contribution in [0.2, 0.25) is 5.02 Å². The van der Waals surface area contributed by atoms with Crippen molar-refractivity contribution in [1.82, 2.24) is 9.55 Å². The molecule has 1 aromatic heterocycles. The molecule has 0 bridgehead atoms. The van der Waals surface area contributed by atoms with Gasteiger partial charge in [0, 0.05) is 34.5 Å². The van der Waals surface area contributed by atoms with E-state index in [2.05, 4.69) is 20.9 Å². The summed E-state index contributed by atoms with van der Waals surface area (Å²) < 4.78 is 2.92. The highest BCUT2D eigenvalue weighted by molar-refractivity contribution is 9.10. The lowest BCUT2D eigenvalue weighted by atomic mass is 10.2. The van der Waals surface area contributed by atoms with Gasteiger partial charge in [0.2, 0.25) is 0 Å². The van der Waals surface area contributed by atoms with Crippen molar-refractivity contribution < 1.29 is 0 Å². The molecule has 0 unspecified atom stereocenters. The van der Waals surface area contributed by atoms with Crippen molar-refractivity contribution in [3.63, 3.8) is 0 Å². The third kappa shape index (κ3) is 1.83. The first kappa shape index (κ1) is 9.74. The third-order valence-corrected chi connectivity index (χ3v) is 2.62. The lowest BCUT2D eigenvalue weighted by molar-refractivity contribution is 0.925. The molecule has 0 aliphatic carbocycles. The summed E-state index contributed by atoms with van der Waals surface area (Å²) in [5.41, 5.74) is 1.01. The number of halogens is 2. The zero-order valence-electron chi connectivity index (χ0n) is 7.54. The van der Waals surface area contributed by atoms with E-state index in [1.54, 1.807) is 6.20 Å². The number of rotatable bonds is 1. The van der Waals surface area contributed by atoms with E-state index in [4.69, 9.17) is 11.6 Å². The average Bonchev–Trinajstić information content (AvgIpc) is 2.49. The van der Waals surface area contributed by atoms with Gasteiger partial charge in [0.1, 0.15) is 5.82 Å². The first-order chi connectivity index (χ1) is 6.66. The van der Waals surface area contributed by atoms with E-state index >= 15 is 0 Å². The molecule has 0 aliphatic heterocycles. The first-order valence-corrected chi connectivity index (χ1v) is 5.28. The summed E-state index contributed by atoms with van der Waals surface area (Å²) in [6.45, 7) is 0. The topological polar surface area (TPSA) is 17.8 Å². The van der Waals surface area contributed by atoms with Crippen molar-refractivity contribution in [2.24, 2.45) is 7.05 Å². The molecule has 0 atom stereocenters. The lowest BCUT2D eigenvalue weighted by Gasteiger charge is -2.03. The Kier molecular flexibility index (Phi) is 2.61. The van der Waals surface area contributed by atoms with Gasteiger partial charge in [-0.05, 0) is 18.2 Å². The van der Waals surface area contributed by atoms with Gasteiger partial charge in [-0.2, -0.15) is 0 Å². The van der Waals surface area contributed by atoms with Gasteiger partial charge in [0.05, 0.1) is 0 Å². The number of aryl methyl sites for hydroxylation is 1. The Morgan fingerprint density at radius 2 is 2.14 bits per heavy atom. The Morgan fingerprint density at radius 3 is 2.71 bits per heavy atom. The number of nitrogens with zero attached hydrogens (tertiary/aromatic N) is 2. The molecule has 2 rings (SSSR count). The molecule has 1 aromatic carbocycles. The predicted octanol–water partition coefficient (Wildman–Crippen LogP) is 3.50. The van der Waals surface area contributed by atoms with E-state index in [9.17, 15) is 0 Å². The van der Waals surface area contributed by atoms with Crippen LogP contribution >= 0.6 is 27.5 Å². The first-order valence-electron chi connectivity index (χ1n) is 4.10. The molecular formula is C10H8BrClN2. The van der Waals surface area contributed by atoms with Gasteiger partial charge in [0.25, 0.3) is 0 Å². The quantitative estimate of drug-likeness (QED) is 0.776. The highest BCUT2D eigenvalue weighted by Crippen LogP contribution is 2.25. The normalized spacial score (nSPS) is 10.5. The van der Waals surface area contributed by atoms with Gasteiger partial charge in [-0.3, -0.25) is 0 Å². The fourth-order valence-electron chi connectivity index (χ4n) is 1.33. The lowest BCUT2D eigenvalue weighted by Crippen LogP contribution is -1.90. The molecule has 0 amide bonds. The molecule has 0 fully saturated rings. The summed E-state index contributed by atoms with van der Waals surface area (Å²) in [6.07, 6.45) is 3.67. The summed E-state index contributed by atoms with van der Waals surface area (Å²) in [6, 6.07) is 5.75. The van der Waals surface area contributed by atoms with Crippen LogP contribution in [0, 0.1) is 0 Å². The second-order valence-electron chi connectivity index (χ2n) is 3.02. The average molecular weight is 272 g/mol. The Balaban J connectivity index is 2.57. The predicted molar refractivity (Wildman–Crippen MR) is 61.4 cm³/mol. The molecule has 0 spiro atoms. The molecule has 0 N–H and O–H groups in total. The number of aromatic nitrogens is 2. The van der Waals surface area contributed by atoms with Gasteiger partial charge in [-0.15, -0.1) is 0 Å². The minimum Gasteiger partial charge on any atom is -0.334 e. The van der Waals surface area contributed by atoms with Crippen LogP contribution in [0.25, 0.3) is 11.4 Å². The molecule has 0 aliphatic rings. The molecule has 14 heavy (non-hydrogen) atoms. The van der Waals surface area contributed by atoms with Crippen LogP contribution in [-0.2, 0) is 7.05 Å². The maximum absolute atomic E-state index is 5.95. The monoisotopic (exact) mass is 270 g/mol. The standard InChI is InChI=1S/C10H8BrClN2/c1-14-3-2-13-10(14)7-4-8(11)6-9(12)5-7/h2-6H,1H3. The maximum Gasteiger partial charge on any atom is 0.139 e. The Labute approximate surface area is 95.7 Å². The maximum atomic E-state index is 5.95. The van der Waals surface area contributed by atoms with Gasteiger partial charge in [0.15, 0.2) is 0 Å². The van der Waals surface area contributed by atoms with E-state index in [1.165, 1.54) is 0 Å². The fraction of sp³-hybridized carbons (Fsp3) is 0.100. The summed E-state index contributed by atoms with van der Waals surface area (Å²) in [5, 5.41) is 0.706. The van der Waals surface area contributed by atoms with Gasteiger partial charge in [-0.1, -0.05) is 27.5 Å². The van der Waals surface area contributed by atoms with Gasteiger partial charge < -0.3 is 4.57 Å². The van der Waals surface area contributed by atoms with Crippen LogP contribution < -0.4 is 0 Å². The molecule has 4 heteroatoms. The molecule has 2 aromatic rings. The van der Waals surface area contributed by atoms with Crippen LogP contribution in [-0.4, -0.2) is 9.55 Å². The SMILES string of the molecule is Cn1ccnc1-c1cc(Cl)cc(Br)c1. The molecular weight excluding hydrogens is 263 g/mol. The Morgan fingerprint density at radius 1 is 1.36 bits per heavy atom. The van der Waals surface area contributed by atoms with Crippen molar-refractivity contribution in [3.8, 4) is 11.4 Å². The molecule has 0 radical (unpaired) electrons. The zero-order chi connectivity index (χ0) is 10.1. The van der Waals surface area contributed by atoms with Crippen LogP contribution in [0.3, 0.4) is 0 Å². The number of hydrogen-bond acceptors (Lipinski definition) is 1. The third-order valence-electron chi connectivity index (χ3n) is 1.94. The molecule has 0 saturated carbocycles. The minimum atomic E-state index is 0.706. The highest BCUT2D eigenvalue weighted by Gasteiger charge is 2.04. The second kappa shape index (κ2) is 3.75. The van der Waals surface area contributed by atoms with Crippen molar-refractivity contribution in [2.75, 3.05) is 0 Å². The van der Waals surface area contributed by atoms with Crippen LogP contribution in [0.5, 0.6) is 0 Å². The number of hydrogen-bond donors (Lipinski definition) is 0. The largest absolute Gasteiger partial charge is 0.334 e. The molecule has 0 saturated heterocycles. The Hall–Kier alpha value is -0.800. The van der Waals surface area contributed by atoms with Gasteiger partial charge in [-0.25, -0.2) is 4.98 Å². The van der Waals surface area contributed by atoms with Crippen molar-refractivity contribution in [1.29, 1.82) is 0 Å². The van der Waals surface area contributed by atoms with Gasteiger partial charge >= 0.3 is 0 Å². The van der Waals surface area contributed by atoms with E-state index in [0.717, 1.165) is 15.9 Å². The second-order valence-corrected chi connectivity index (χ2v) is 4.37. The smallest absolute Gasteiger partial charge is 0.139 e. The van der Waals surface area contributed by atoms with Crippen LogP contribution in [0.4, 0.5) is 0 Å². The van der Waals surface area contributed by atoms with E-state index in [0.29, 0.717) is 5.02 Å². The van der Waals surface area contributed by atoms with Crippen LogP contribution in [0.15, 0.2) is 35.1 Å². The summed E-state index contributed by atoms with van der Waals surface area (Å²) in [5.74, 6) is 0.910. The molecule has 72 valence electrons. The zero-order valence-corrected chi connectivity index (χ0v) is 9.88. The number of benzene rings is 1. The molecule has 2 nitrogen and oxygen atoms in total. The minimum absolute atomic E-state index is 0.706. The Bertz CT molecular complexity index is 445.